The molecular formula is C74H73N4O2Pt-3. The third-order valence-corrected chi connectivity index (χ3v) is 16.0. The summed E-state index contributed by atoms with van der Waals surface area (Å²) in [7, 11) is 0. The molecule has 1 aliphatic rings. The fourth-order valence-corrected chi connectivity index (χ4v) is 11.2. The van der Waals surface area contributed by atoms with E-state index in [9.17, 15) is 0 Å². The van der Waals surface area contributed by atoms with E-state index in [0.29, 0.717) is 17.3 Å². The normalized spacial score (nSPS) is 13.6. The number of aromatic nitrogens is 2. The smallest absolute Gasteiger partial charge is 0.135 e. The number of hydrogen-bond acceptors (Lipinski definition) is 5. The molecule has 0 aliphatic carbocycles. The minimum Gasteiger partial charge on any atom is -0.509 e. The average Bonchev–Trinajstić information content (AvgIpc) is 2.79. The molecule has 12 rings (SSSR count). The summed E-state index contributed by atoms with van der Waals surface area (Å²) in [5, 5.41) is 3.99. The number of rotatable bonds is 7. The number of anilines is 4. The fraction of sp³-hybridized carbons (Fsp3) is 0.270. The fourth-order valence-electron chi connectivity index (χ4n) is 11.2. The summed E-state index contributed by atoms with van der Waals surface area (Å²) in [6.07, 6.45) is 0.198. The number of para-hydroxylation sites is 4. The van der Waals surface area contributed by atoms with Gasteiger partial charge in [0.2, 0.25) is 0 Å². The molecule has 0 atom stereocenters. The third-order valence-electron chi connectivity index (χ3n) is 16.0. The maximum atomic E-state index is 8.89. The second-order valence-electron chi connectivity index (χ2n) is 27.1. The summed E-state index contributed by atoms with van der Waals surface area (Å²) in [5.74, 6) is 1.69. The van der Waals surface area contributed by atoms with Crippen LogP contribution in [0.4, 0.5) is 22.7 Å². The standard InChI is InChI=1S/C74H73N4O2.Pt/c1-70(2,3)48-34-35-75-66(42-48)78-63-33-32-59-58-24-16-19-29-65(58)80-69(59)67(63)60-31-30-55(44-64(60)78)79-54-23-20-22-53(43-54)76-45-77(62-28-18-17-27-61(62)76)68-56(46-36-49(71(4,5)6)40-50(37-46)72(7,8)9)25-21-26-57(68)47-38-51(73(10,11)12)41-52(39-47)74(13,14)15;/h16-42,45H,1-15H3;/q-3;/i35D;. The first-order valence-corrected chi connectivity index (χ1v) is 28.2. The van der Waals surface area contributed by atoms with Gasteiger partial charge in [0.1, 0.15) is 17.0 Å². The van der Waals surface area contributed by atoms with Crippen molar-refractivity contribution in [1.82, 2.24) is 9.55 Å². The summed E-state index contributed by atoms with van der Waals surface area (Å²) < 4.78 is 24.5. The number of furan rings is 1. The van der Waals surface area contributed by atoms with E-state index in [0.717, 1.165) is 83.2 Å². The molecule has 0 fully saturated rings. The molecule has 0 amide bonds. The number of hydrogen-bond donors (Lipinski definition) is 0. The van der Waals surface area contributed by atoms with Crippen LogP contribution >= 0.6 is 0 Å². The van der Waals surface area contributed by atoms with Gasteiger partial charge < -0.3 is 23.5 Å². The summed E-state index contributed by atoms with van der Waals surface area (Å²) in [6.45, 7) is 36.5. The van der Waals surface area contributed by atoms with Crippen LogP contribution < -0.4 is 14.5 Å². The zero-order chi connectivity index (χ0) is 57.3. The van der Waals surface area contributed by atoms with Crippen molar-refractivity contribution in [2.75, 3.05) is 9.80 Å². The van der Waals surface area contributed by atoms with Gasteiger partial charge >= 0.3 is 0 Å². The molecule has 8 aromatic carbocycles. The monoisotopic (exact) mass is 1250 g/mol. The Morgan fingerprint density at radius 1 is 0.494 bits per heavy atom. The van der Waals surface area contributed by atoms with E-state index in [1.54, 1.807) is 0 Å². The molecule has 4 heterocycles. The second-order valence-corrected chi connectivity index (χ2v) is 27.1. The molecule has 414 valence electrons. The minimum atomic E-state index is -0.213. The Balaban J connectivity index is 0.00000705. The number of pyridine rings is 1. The van der Waals surface area contributed by atoms with Crippen molar-refractivity contribution < 1.29 is 31.6 Å². The molecule has 1 aliphatic heterocycles. The van der Waals surface area contributed by atoms with Gasteiger partial charge in [-0.25, -0.2) is 4.98 Å². The van der Waals surface area contributed by atoms with Crippen molar-refractivity contribution in [3.05, 3.63) is 211 Å². The summed E-state index contributed by atoms with van der Waals surface area (Å²) in [4.78, 5) is 9.47. The van der Waals surface area contributed by atoms with E-state index >= 15 is 0 Å². The van der Waals surface area contributed by atoms with Crippen LogP contribution in [0, 0.1) is 18.8 Å². The Hall–Kier alpha value is -7.40. The van der Waals surface area contributed by atoms with Crippen molar-refractivity contribution in [1.29, 1.82) is 0 Å². The number of benzene rings is 8. The van der Waals surface area contributed by atoms with Gasteiger partial charge in [-0.15, -0.1) is 42.7 Å². The minimum absolute atomic E-state index is 0. The van der Waals surface area contributed by atoms with Crippen molar-refractivity contribution >= 4 is 66.5 Å². The Kier molecular flexibility index (Phi) is 13.3. The molecule has 0 N–H and O–H groups in total. The zero-order valence-electron chi connectivity index (χ0n) is 50.5. The maximum Gasteiger partial charge on any atom is 0.135 e. The van der Waals surface area contributed by atoms with Crippen molar-refractivity contribution in [3.8, 4) is 39.6 Å². The molecule has 0 unspecified atom stereocenters. The quantitative estimate of drug-likeness (QED) is 0.149. The van der Waals surface area contributed by atoms with E-state index < -0.39 is 0 Å². The Bertz CT molecular complexity index is 4140. The molecule has 7 heteroatoms. The first-order valence-electron chi connectivity index (χ1n) is 28.7. The number of fused-ring (bicyclic) bond motifs is 8. The van der Waals surface area contributed by atoms with Gasteiger partial charge in [-0.05, 0) is 114 Å². The SMILES string of the molecule is [2H]c1cc(C(C)(C)C)cc(-n2c3[c-]c(Oc4[c-]c(N5[CH-]N(c6c(-c7cc(C(C)(C)C)cc(C(C)(C)C)c7)cccc6-c6cc(C(C)(C)C)cc(C(C)(C)C)c6)c6ccccc65)ccc4)ccc3c3c4oc5ccccc5c4ccc32)n1.[Pt]. The summed E-state index contributed by atoms with van der Waals surface area (Å²) >= 11 is 0. The molecule has 81 heavy (non-hydrogen) atoms. The first-order chi connectivity index (χ1) is 38.2. The molecule has 0 saturated carbocycles. The van der Waals surface area contributed by atoms with Gasteiger partial charge in [-0.2, -0.15) is 12.1 Å². The first kappa shape index (κ1) is 54.2. The topological polar surface area (TPSA) is 46.7 Å². The van der Waals surface area contributed by atoms with Crippen molar-refractivity contribution in [2.45, 2.75) is 131 Å². The van der Waals surface area contributed by atoms with E-state index in [2.05, 4.69) is 252 Å². The van der Waals surface area contributed by atoms with Crippen LogP contribution in [-0.2, 0) is 48.1 Å². The predicted octanol–water partition coefficient (Wildman–Crippen LogP) is 20.7. The van der Waals surface area contributed by atoms with Gasteiger partial charge in [-0.1, -0.05) is 200 Å². The average molecular weight is 1250 g/mol. The Morgan fingerprint density at radius 3 is 1.62 bits per heavy atom. The molecule has 0 bridgehead atoms. The molecule has 0 saturated heterocycles. The number of ether oxygens (including phenoxy) is 1. The van der Waals surface area contributed by atoms with Crippen LogP contribution in [0.1, 0.15) is 133 Å². The molecule has 0 spiro atoms. The van der Waals surface area contributed by atoms with Crippen LogP contribution in [0.5, 0.6) is 11.5 Å². The Labute approximate surface area is 495 Å². The van der Waals surface area contributed by atoms with Crippen LogP contribution in [0.2, 0.25) is 0 Å². The summed E-state index contributed by atoms with van der Waals surface area (Å²) in [5.41, 5.74) is 17.7. The largest absolute Gasteiger partial charge is 0.509 e. The third kappa shape index (κ3) is 10.2. The van der Waals surface area contributed by atoms with Gasteiger partial charge in [0.15, 0.2) is 0 Å². The molecule has 6 nitrogen and oxygen atoms in total. The summed E-state index contributed by atoms with van der Waals surface area (Å²) in [6, 6.07) is 63.9. The predicted molar refractivity (Wildman–Crippen MR) is 336 cm³/mol. The van der Waals surface area contributed by atoms with E-state index in [1.165, 1.54) is 33.4 Å². The molecule has 3 aromatic heterocycles. The zero-order valence-corrected chi connectivity index (χ0v) is 51.8. The van der Waals surface area contributed by atoms with Gasteiger partial charge in [0.25, 0.3) is 0 Å². The second kappa shape index (κ2) is 19.9. The van der Waals surface area contributed by atoms with Gasteiger partial charge in [0.05, 0.1) is 1.37 Å². The van der Waals surface area contributed by atoms with Crippen LogP contribution in [0.3, 0.4) is 0 Å². The molecular weight excluding hydrogens is 1170 g/mol. The van der Waals surface area contributed by atoms with E-state index in [4.69, 9.17) is 15.5 Å². The van der Waals surface area contributed by atoms with E-state index in [-0.39, 0.29) is 54.3 Å². The van der Waals surface area contributed by atoms with Crippen LogP contribution in [-0.4, -0.2) is 9.55 Å². The maximum absolute atomic E-state index is 8.89. The Morgan fingerprint density at radius 2 is 1.02 bits per heavy atom. The van der Waals surface area contributed by atoms with Crippen LogP contribution in [0.25, 0.3) is 71.8 Å². The number of nitrogens with zero attached hydrogens (tertiary/aromatic N) is 4. The molecule has 11 aromatic rings. The van der Waals surface area contributed by atoms with Gasteiger partial charge in [0, 0.05) is 83.2 Å². The molecule has 0 radical (unpaired) electrons. The van der Waals surface area contributed by atoms with E-state index in [1.807, 2.05) is 42.5 Å². The van der Waals surface area contributed by atoms with Gasteiger partial charge in [-0.3, -0.25) is 0 Å². The van der Waals surface area contributed by atoms with Crippen molar-refractivity contribution in [2.24, 2.45) is 0 Å². The van der Waals surface area contributed by atoms with Crippen LogP contribution in [0.15, 0.2) is 168 Å². The van der Waals surface area contributed by atoms with Crippen molar-refractivity contribution in [3.63, 3.8) is 0 Å².